The molecule has 6 nitrogen and oxygen atoms in total. The third-order valence-corrected chi connectivity index (χ3v) is 3.96. The average Bonchev–Trinajstić information content (AvgIpc) is 3.41. The van der Waals surface area contributed by atoms with Crippen LogP contribution in [0.5, 0.6) is 11.5 Å². The summed E-state index contributed by atoms with van der Waals surface area (Å²) in [5.41, 5.74) is 1.43. The van der Waals surface area contributed by atoms with E-state index in [2.05, 4.69) is 4.98 Å². The molecule has 0 aliphatic heterocycles. The summed E-state index contributed by atoms with van der Waals surface area (Å²) in [7, 11) is 0. The lowest BCUT2D eigenvalue weighted by molar-refractivity contribution is -0.135. The van der Waals surface area contributed by atoms with Crippen LogP contribution < -0.4 is 15.0 Å². The molecule has 3 rings (SSSR count). The second-order valence-corrected chi connectivity index (χ2v) is 5.97. The highest BCUT2D eigenvalue weighted by Gasteiger charge is 2.32. The normalized spacial score (nSPS) is 13.2. The van der Waals surface area contributed by atoms with Gasteiger partial charge in [-0.1, -0.05) is 6.07 Å². The van der Waals surface area contributed by atoms with E-state index in [1.807, 2.05) is 13.0 Å². The molecule has 2 aromatic rings. The van der Waals surface area contributed by atoms with E-state index < -0.39 is 5.56 Å². The van der Waals surface area contributed by atoms with Gasteiger partial charge in [0.05, 0.1) is 12.5 Å². The minimum atomic E-state index is -0.431. The summed E-state index contributed by atoms with van der Waals surface area (Å²) in [6, 6.07) is 8.72. The van der Waals surface area contributed by atoms with Crippen molar-refractivity contribution in [3.05, 3.63) is 45.9 Å². The number of nitrogens with zero attached hydrogens (tertiary/aromatic N) is 1. The third kappa shape index (κ3) is 3.56. The summed E-state index contributed by atoms with van der Waals surface area (Å²) in [5, 5.41) is 9.30. The molecular formula is C19H18N2O4. The molecule has 0 amide bonds. The molecule has 0 saturated heterocycles. The van der Waals surface area contributed by atoms with Crippen molar-refractivity contribution in [2.75, 3.05) is 6.61 Å². The first kappa shape index (κ1) is 16.8. The number of pyridine rings is 1. The van der Waals surface area contributed by atoms with Crippen molar-refractivity contribution in [2.45, 2.75) is 26.7 Å². The van der Waals surface area contributed by atoms with Gasteiger partial charge in [0, 0.05) is 11.3 Å². The van der Waals surface area contributed by atoms with Crippen LogP contribution in [0.3, 0.4) is 0 Å². The Labute approximate surface area is 145 Å². The van der Waals surface area contributed by atoms with E-state index in [4.69, 9.17) is 9.47 Å². The van der Waals surface area contributed by atoms with Crippen molar-refractivity contribution in [2.24, 2.45) is 5.92 Å². The van der Waals surface area contributed by atoms with Crippen LogP contribution in [0.1, 0.15) is 31.0 Å². The molecule has 1 fully saturated rings. The number of hydrogen-bond donors (Lipinski definition) is 1. The number of aryl methyl sites for hydroxylation is 1. The van der Waals surface area contributed by atoms with Gasteiger partial charge in [-0.2, -0.15) is 5.26 Å². The second kappa shape index (κ2) is 6.81. The number of hydrogen-bond acceptors (Lipinski definition) is 5. The minimum absolute atomic E-state index is 0.0188. The number of nitrogens with one attached hydrogen (secondary N) is 1. The molecular weight excluding hydrogens is 320 g/mol. The fourth-order valence-corrected chi connectivity index (χ4v) is 2.57. The summed E-state index contributed by atoms with van der Waals surface area (Å²) in [6.45, 7) is 3.98. The maximum absolute atomic E-state index is 12.0. The van der Waals surface area contributed by atoms with Crippen LogP contribution in [0.25, 0.3) is 11.1 Å². The monoisotopic (exact) mass is 338 g/mol. The molecule has 0 atom stereocenters. The largest absolute Gasteiger partial charge is 0.490 e. The molecule has 0 unspecified atom stereocenters. The standard InChI is InChI=1S/C19H18N2O4/c1-3-24-17-9-13(6-7-16(17)25-19(23)12-4-5-12)14-8-11(2)21-18(22)15(14)10-20/h6-9,12H,3-5H2,1-2H3,(H,21,22). The molecule has 1 aromatic carbocycles. The van der Waals surface area contributed by atoms with Crippen LogP contribution in [-0.4, -0.2) is 17.6 Å². The number of benzene rings is 1. The fraction of sp³-hybridized carbons (Fsp3) is 0.316. The maximum Gasteiger partial charge on any atom is 0.314 e. The second-order valence-electron chi connectivity index (χ2n) is 5.97. The summed E-state index contributed by atoms with van der Waals surface area (Å²) in [5.74, 6) is 0.492. The lowest BCUT2D eigenvalue weighted by atomic mass is 10.0. The van der Waals surface area contributed by atoms with Crippen molar-refractivity contribution in [3.8, 4) is 28.7 Å². The van der Waals surface area contributed by atoms with Gasteiger partial charge in [0.2, 0.25) is 0 Å². The zero-order valence-electron chi connectivity index (χ0n) is 14.1. The van der Waals surface area contributed by atoms with Crippen LogP contribution in [0.15, 0.2) is 29.1 Å². The van der Waals surface area contributed by atoms with Gasteiger partial charge in [-0.25, -0.2) is 0 Å². The number of aromatic amines is 1. The molecule has 1 heterocycles. The number of esters is 1. The number of nitriles is 1. The molecule has 0 bridgehead atoms. The highest BCUT2D eigenvalue weighted by Crippen LogP contribution is 2.36. The van der Waals surface area contributed by atoms with Crippen LogP contribution in [0, 0.1) is 24.2 Å². The third-order valence-electron chi connectivity index (χ3n) is 3.96. The van der Waals surface area contributed by atoms with Gasteiger partial charge in [0.15, 0.2) is 11.5 Å². The topological polar surface area (TPSA) is 92.2 Å². The minimum Gasteiger partial charge on any atom is -0.490 e. The SMILES string of the molecule is CCOc1cc(-c2cc(C)[nH]c(=O)c2C#N)ccc1OC(=O)C1CC1. The highest BCUT2D eigenvalue weighted by molar-refractivity contribution is 5.79. The van der Waals surface area contributed by atoms with Gasteiger partial charge in [-0.15, -0.1) is 0 Å². The van der Waals surface area contributed by atoms with E-state index in [0.717, 1.165) is 12.8 Å². The molecule has 25 heavy (non-hydrogen) atoms. The van der Waals surface area contributed by atoms with Crippen molar-refractivity contribution < 1.29 is 14.3 Å². The first-order chi connectivity index (χ1) is 12.0. The lowest BCUT2D eigenvalue weighted by Gasteiger charge is -2.13. The number of rotatable bonds is 5. The Bertz CT molecular complexity index is 920. The Morgan fingerprint density at radius 1 is 1.32 bits per heavy atom. The fourth-order valence-electron chi connectivity index (χ4n) is 2.57. The van der Waals surface area contributed by atoms with Crippen LogP contribution >= 0.6 is 0 Å². The van der Waals surface area contributed by atoms with Crippen molar-refractivity contribution >= 4 is 5.97 Å². The number of carbonyl (C=O) groups is 1. The first-order valence-corrected chi connectivity index (χ1v) is 8.16. The van der Waals surface area contributed by atoms with Crippen LogP contribution in [0.2, 0.25) is 0 Å². The molecule has 128 valence electrons. The zero-order chi connectivity index (χ0) is 18.0. The van der Waals surface area contributed by atoms with Gasteiger partial charge < -0.3 is 14.5 Å². The molecule has 6 heteroatoms. The van der Waals surface area contributed by atoms with Gasteiger partial charge >= 0.3 is 5.97 Å². The molecule has 1 aromatic heterocycles. The van der Waals surface area contributed by atoms with E-state index in [1.165, 1.54) is 0 Å². The highest BCUT2D eigenvalue weighted by atomic mass is 16.6. The van der Waals surface area contributed by atoms with Crippen LogP contribution in [0.4, 0.5) is 0 Å². The van der Waals surface area contributed by atoms with Crippen molar-refractivity contribution in [1.82, 2.24) is 4.98 Å². The van der Waals surface area contributed by atoms with E-state index >= 15 is 0 Å². The summed E-state index contributed by atoms with van der Waals surface area (Å²) in [6.07, 6.45) is 1.72. The van der Waals surface area contributed by atoms with Gasteiger partial charge in [-0.3, -0.25) is 9.59 Å². The number of ether oxygens (including phenoxy) is 2. The average molecular weight is 338 g/mol. The van der Waals surface area contributed by atoms with E-state index in [0.29, 0.717) is 34.9 Å². The molecule has 1 saturated carbocycles. The summed E-state index contributed by atoms with van der Waals surface area (Å²) < 4.78 is 11.0. The van der Waals surface area contributed by atoms with Gasteiger partial charge in [0.1, 0.15) is 11.6 Å². The summed E-state index contributed by atoms with van der Waals surface area (Å²) in [4.78, 5) is 26.5. The molecule has 0 spiro atoms. The number of H-pyrrole nitrogens is 1. The molecule has 1 aliphatic carbocycles. The molecule has 0 radical (unpaired) electrons. The van der Waals surface area contributed by atoms with Crippen molar-refractivity contribution in [1.29, 1.82) is 5.26 Å². The Morgan fingerprint density at radius 3 is 2.72 bits per heavy atom. The quantitative estimate of drug-likeness (QED) is 0.668. The van der Waals surface area contributed by atoms with Crippen molar-refractivity contribution in [3.63, 3.8) is 0 Å². The lowest BCUT2D eigenvalue weighted by Crippen LogP contribution is -2.13. The van der Waals surface area contributed by atoms with Crippen LogP contribution in [-0.2, 0) is 4.79 Å². The van der Waals surface area contributed by atoms with E-state index in [-0.39, 0.29) is 17.5 Å². The molecule has 1 N–H and O–H groups in total. The summed E-state index contributed by atoms with van der Waals surface area (Å²) >= 11 is 0. The predicted octanol–water partition coefficient (Wildman–Crippen LogP) is 2.94. The Morgan fingerprint density at radius 2 is 2.08 bits per heavy atom. The Balaban J connectivity index is 2.03. The van der Waals surface area contributed by atoms with E-state index in [9.17, 15) is 14.9 Å². The first-order valence-electron chi connectivity index (χ1n) is 8.16. The molecule has 1 aliphatic rings. The predicted molar refractivity (Wildman–Crippen MR) is 91.5 cm³/mol. The Hall–Kier alpha value is -3.07. The smallest absolute Gasteiger partial charge is 0.314 e. The maximum atomic E-state index is 12.0. The van der Waals surface area contributed by atoms with E-state index in [1.54, 1.807) is 31.2 Å². The Kier molecular flexibility index (Phi) is 4.57. The van der Waals surface area contributed by atoms with Gasteiger partial charge in [-0.05, 0) is 50.5 Å². The zero-order valence-corrected chi connectivity index (χ0v) is 14.1. The van der Waals surface area contributed by atoms with Gasteiger partial charge in [0.25, 0.3) is 5.56 Å². The number of aromatic nitrogens is 1. The number of carbonyl (C=O) groups excluding carboxylic acids is 1.